The van der Waals surface area contributed by atoms with Crippen molar-refractivity contribution < 1.29 is 0 Å². The van der Waals surface area contributed by atoms with Gasteiger partial charge >= 0.3 is 0 Å². The summed E-state index contributed by atoms with van der Waals surface area (Å²) in [7, 11) is 0. The average Bonchev–Trinajstić information content (AvgIpc) is 2.41. The molecule has 0 fully saturated rings. The largest absolute Gasteiger partial charge is 0.352 e. The van der Waals surface area contributed by atoms with Gasteiger partial charge in [-0.3, -0.25) is 0 Å². The molecule has 1 aliphatic rings. The summed E-state index contributed by atoms with van der Waals surface area (Å²) in [5.41, 5.74) is 1.65. The maximum absolute atomic E-state index is 6.25. The highest BCUT2D eigenvalue weighted by atomic mass is 79.9. The highest BCUT2D eigenvalue weighted by Gasteiger charge is 2.25. The van der Waals surface area contributed by atoms with Crippen LogP contribution in [-0.2, 0) is 0 Å². The zero-order chi connectivity index (χ0) is 13.7. The van der Waals surface area contributed by atoms with Gasteiger partial charge < -0.3 is 5.32 Å². The number of halogens is 5. The second-order valence-corrected chi connectivity index (χ2v) is 7.31. The molecule has 3 rings (SSSR count). The number of hydrogen-bond donors (Lipinski definition) is 1. The van der Waals surface area contributed by atoms with Crippen LogP contribution in [0.1, 0.15) is 0 Å². The van der Waals surface area contributed by atoms with Gasteiger partial charge in [-0.05, 0) is 18.2 Å². The molecule has 0 spiro atoms. The van der Waals surface area contributed by atoms with Gasteiger partial charge in [0.1, 0.15) is 0 Å². The van der Waals surface area contributed by atoms with Crippen LogP contribution in [0.4, 0.5) is 11.4 Å². The van der Waals surface area contributed by atoms with Crippen molar-refractivity contribution in [2.45, 2.75) is 9.79 Å². The minimum atomic E-state index is 0.265. The van der Waals surface area contributed by atoms with Crippen molar-refractivity contribution in [1.82, 2.24) is 0 Å². The Morgan fingerprint density at radius 3 is 2.37 bits per heavy atom. The standard InChI is InChI=1S/C12H4BrCl4NS/c13-4-1-2-5-6(3-4)19-12-10(17)8(15)7(14)9(16)11(12)18-5/h1-3,18H. The van der Waals surface area contributed by atoms with E-state index >= 15 is 0 Å². The van der Waals surface area contributed by atoms with Crippen molar-refractivity contribution in [2.75, 3.05) is 5.32 Å². The fourth-order valence-electron chi connectivity index (χ4n) is 1.75. The van der Waals surface area contributed by atoms with E-state index in [0.717, 1.165) is 20.0 Å². The Morgan fingerprint density at radius 2 is 1.63 bits per heavy atom. The molecule has 1 heterocycles. The smallest absolute Gasteiger partial charge is 0.0855 e. The first-order valence-electron chi connectivity index (χ1n) is 5.09. The van der Waals surface area contributed by atoms with Gasteiger partial charge in [-0.15, -0.1) is 0 Å². The fourth-order valence-corrected chi connectivity index (χ4v) is 4.47. The molecule has 0 saturated heterocycles. The predicted octanol–water partition coefficient (Wildman–Crippen LogP) is 7.27. The second-order valence-electron chi connectivity index (χ2n) is 3.83. The van der Waals surface area contributed by atoms with Crippen LogP contribution in [0, 0.1) is 0 Å². The normalized spacial score (nSPS) is 12.7. The molecular weight excluding hydrogens is 412 g/mol. The highest BCUT2D eigenvalue weighted by molar-refractivity contribution is 9.10. The fraction of sp³-hybridized carbons (Fsp3) is 0. The highest BCUT2D eigenvalue weighted by Crippen LogP contribution is 2.55. The van der Waals surface area contributed by atoms with Gasteiger partial charge in [0.15, 0.2) is 0 Å². The third-order valence-corrected chi connectivity index (χ3v) is 6.22. The molecule has 0 aromatic heterocycles. The summed E-state index contributed by atoms with van der Waals surface area (Å²) in [5.74, 6) is 0. The zero-order valence-corrected chi connectivity index (χ0v) is 14.5. The maximum Gasteiger partial charge on any atom is 0.0855 e. The molecule has 1 N–H and O–H groups in total. The lowest BCUT2D eigenvalue weighted by molar-refractivity contribution is 1.31. The minimum absolute atomic E-state index is 0.265. The molecule has 0 saturated carbocycles. The van der Waals surface area contributed by atoms with Crippen LogP contribution in [-0.4, -0.2) is 0 Å². The third-order valence-electron chi connectivity index (χ3n) is 2.64. The van der Waals surface area contributed by atoms with Crippen LogP contribution in [0.2, 0.25) is 20.1 Å². The molecule has 98 valence electrons. The SMILES string of the molecule is Clc1c(Cl)c(Cl)c2c(c1Cl)Nc1ccc(Br)cc1S2. The summed E-state index contributed by atoms with van der Waals surface area (Å²) >= 11 is 29.6. The van der Waals surface area contributed by atoms with Gasteiger partial charge in [0, 0.05) is 9.37 Å². The number of benzene rings is 2. The molecule has 0 aliphatic carbocycles. The number of anilines is 2. The average molecular weight is 416 g/mol. The maximum atomic E-state index is 6.25. The van der Waals surface area contributed by atoms with Crippen LogP contribution < -0.4 is 5.32 Å². The van der Waals surface area contributed by atoms with E-state index in [4.69, 9.17) is 46.4 Å². The third kappa shape index (κ3) is 2.35. The Kier molecular flexibility index (Phi) is 3.89. The van der Waals surface area contributed by atoms with Gasteiger partial charge in [-0.25, -0.2) is 0 Å². The molecule has 7 heteroatoms. The lowest BCUT2D eigenvalue weighted by atomic mass is 10.2. The first kappa shape index (κ1) is 14.2. The van der Waals surface area contributed by atoms with Crippen LogP contribution in [0.15, 0.2) is 32.5 Å². The van der Waals surface area contributed by atoms with E-state index in [-0.39, 0.29) is 10.0 Å². The summed E-state index contributed by atoms with van der Waals surface area (Å²) in [6.45, 7) is 0. The van der Waals surface area contributed by atoms with E-state index in [0.29, 0.717) is 15.7 Å². The van der Waals surface area contributed by atoms with E-state index in [1.165, 1.54) is 11.8 Å². The van der Waals surface area contributed by atoms with E-state index in [9.17, 15) is 0 Å². The van der Waals surface area contributed by atoms with Crippen LogP contribution >= 0.6 is 74.1 Å². The van der Waals surface area contributed by atoms with E-state index in [1.807, 2.05) is 18.2 Å². The summed E-state index contributed by atoms with van der Waals surface area (Å²) < 4.78 is 0.992. The van der Waals surface area contributed by atoms with E-state index in [2.05, 4.69) is 21.2 Å². The second kappa shape index (κ2) is 5.21. The van der Waals surface area contributed by atoms with Gasteiger partial charge in [0.2, 0.25) is 0 Å². The van der Waals surface area contributed by atoms with Crippen LogP contribution in [0.5, 0.6) is 0 Å². The summed E-state index contributed by atoms with van der Waals surface area (Å²) in [5, 5.41) is 4.58. The molecule has 0 amide bonds. The van der Waals surface area contributed by atoms with Crippen molar-refractivity contribution in [3.8, 4) is 0 Å². The monoisotopic (exact) mass is 413 g/mol. The predicted molar refractivity (Wildman–Crippen MR) is 88.0 cm³/mol. The first-order valence-corrected chi connectivity index (χ1v) is 8.21. The zero-order valence-electron chi connectivity index (χ0n) is 9.03. The van der Waals surface area contributed by atoms with Gasteiger partial charge in [-0.1, -0.05) is 74.1 Å². The van der Waals surface area contributed by atoms with Crippen LogP contribution in [0.25, 0.3) is 0 Å². The Bertz CT molecular complexity index is 705. The van der Waals surface area contributed by atoms with Crippen molar-refractivity contribution in [3.63, 3.8) is 0 Å². The summed E-state index contributed by atoms with van der Waals surface area (Å²) in [6.07, 6.45) is 0. The molecule has 2 aromatic rings. The molecule has 2 aromatic carbocycles. The topological polar surface area (TPSA) is 12.0 Å². The Labute approximate surface area is 142 Å². The van der Waals surface area contributed by atoms with Crippen molar-refractivity contribution in [1.29, 1.82) is 0 Å². The summed E-state index contributed by atoms with van der Waals surface area (Å²) in [6, 6.07) is 5.91. The molecule has 1 nitrogen and oxygen atoms in total. The number of fused-ring (bicyclic) bond motifs is 2. The summed E-state index contributed by atoms with van der Waals surface area (Å²) in [4.78, 5) is 1.82. The molecule has 1 aliphatic heterocycles. The van der Waals surface area contributed by atoms with Crippen LogP contribution in [0.3, 0.4) is 0 Å². The first-order chi connectivity index (χ1) is 8.99. The molecule has 0 bridgehead atoms. The lowest BCUT2D eigenvalue weighted by Crippen LogP contribution is -2.02. The quantitative estimate of drug-likeness (QED) is 0.306. The van der Waals surface area contributed by atoms with Gasteiger partial charge in [0.05, 0.1) is 36.4 Å². The lowest BCUT2D eigenvalue weighted by Gasteiger charge is -2.24. The minimum Gasteiger partial charge on any atom is -0.352 e. The van der Waals surface area contributed by atoms with Gasteiger partial charge in [0.25, 0.3) is 0 Å². The van der Waals surface area contributed by atoms with Crippen molar-refractivity contribution >= 4 is 85.5 Å². The Morgan fingerprint density at radius 1 is 0.947 bits per heavy atom. The Balaban J connectivity index is 2.23. The number of rotatable bonds is 0. The number of hydrogen-bond acceptors (Lipinski definition) is 2. The molecular formula is C12H4BrCl4NS. The molecule has 19 heavy (non-hydrogen) atoms. The molecule has 0 atom stereocenters. The van der Waals surface area contributed by atoms with Gasteiger partial charge in [-0.2, -0.15) is 0 Å². The molecule has 0 radical (unpaired) electrons. The Hall–Kier alpha value is 0.230. The van der Waals surface area contributed by atoms with Crippen molar-refractivity contribution in [2.24, 2.45) is 0 Å². The van der Waals surface area contributed by atoms with E-state index in [1.54, 1.807) is 0 Å². The molecule has 0 unspecified atom stereocenters. The van der Waals surface area contributed by atoms with Crippen molar-refractivity contribution in [3.05, 3.63) is 42.8 Å². The van der Waals surface area contributed by atoms with E-state index < -0.39 is 0 Å². The number of nitrogens with one attached hydrogen (secondary N) is 1.